The topological polar surface area (TPSA) is 83.1 Å². The third kappa shape index (κ3) is 6.41. The van der Waals surface area contributed by atoms with Crippen molar-refractivity contribution in [3.8, 4) is 11.3 Å². The average molecular weight is 598 g/mol. The molecule has 228 valence electrons. The third-order valence-electron chi connectivity index (χ3n) is 8.12. The van der Waals surface area contributed by atoms with E-state index in [9.17, 15) is 22.4 Å². The number of fused-ring (bicyclic) bond motifs is 1. The van der Waals surface area contributed by atoms with Gasteiger partial charge in [-0.2, -0.15) is 18.3 Å². The number of piperidine rings is 1. The highest BCUT2D eigenvalue weighted by molar-refractivity contribution is 5.85. The van der Waals surface area contributed by atoms with E-state index in [1.807, 2.05) is 18.7 Å². The Morgan fingerprint density at radius 3 is 2.71 bits per heavy atom. The van der Waals surface area contributed by atoms with Gasteiger partial charge >= 0.3 is 6.18 Å². The molecule has 1 aliphatic carbocycles. The maximum absolute atomic E-state index is 15.1. The molecule has 1 aromatic carbocycles. The second-order valence-corrected chi connectivity index (χ2v) is 11.3. The van der Waals surface area contributed by atoms with Crippen LogP contribution in [-0.2, 0) is 22.1 Å². The summed E-state index contributed by atoms with van der Waals surface area (Å²) in [5, 5.41) is 9.42. The van der Waals surface area contributed by atoms with Gasteiger partial charge < -0.3 is 10.1 Å². The first-order valence-corrected chi connectivity index (χ1v) is 14.0. The molecule has 2 aliphatic rings. The zero-order valence-electron chi connectivity index (χ0n) is 23.2. The molecular weight excluding hydrogens is 564 g/mol. The number of hydrogen-bond donors (Lipinski definition) is 2. The summed E-state index contributed by atoms with van der Waals surface area (Å²) in [7, 11) is 0. The second-order valence-electron chi connectivity index (χ2n) is 11.3. The number of nitrogens with zero attached hydrogens (tertiary/aromatic N) is 3. The summed E-state index contributed by atoms with van der Waals surface area (Å²) in [5.41, 5.74) is -1.13. The van der Waals surface area contributed by atoms with Gasteiger partial charge in [0.15, 0.2) is 0 Å². The number of nitrogens with one attached hydrogen (secondary N) is 2. The highest BCUT2D eigenvalue weighted by Gasteiger charge is 2.50. The SMILES string of the molecule is CC(C)N1CC[C@H](O[C@H]2CCCC(F)(F)[C@@H]2NC(=O)Cc2ccnc(-c3ccc4[nH]ncc4c3)c2C(F)(F)F)[C@H](F)C1. The Balaban J connectivity index is 1.36. The molecule has 0 spiro atoms. The molecule has 7 nitrogen and oxygen atoms in total. The molecule has 2 aromatic heterocycles. The molecule has 1 amide bonds. The lowest BCUT2D eigenvalue weighted by Crippen LogP contribution is -2.59. The molecule has 4 atom stereocenters. The van der Waals surface area contributed by atoms with E-state index in [-0.39, 0.29) is 36.7 Å². The van der Waals surface area contributed by atoms with E-state index in [4.69, 9.17) is 4.74 Å². The van der Waals surface area contributed by atoms with Crippen molar-refractivity contribution in [1.82, 2.24) is 25.4 Å². The molecule has 42 heavy (non-hydrogen) atoms. The average Bonchev–Trinajstić information content (AvgIpc) is 3.39. The summed E-state index contributed by atoms with van der Waals surface area (Å²) in [6.07, 6.45) is -6.49. The van der Waals surface area contributed by atoms with Crippen LogP contribution in [0.4, 0.5) is 26.3 Å². The van der Waals surface area contributed by atoms with E-state index < -0.39 is 66.4 Å². The first-order chi connectivity index (χ1) is 19.8. The van der Waals surface area contributed by atoms with Crippen LogP contribution in [0.1, 0.15) is 50.7 Å². The van der Waals surface area contributed by atoms with Gasteiger partial charge in [0.2, 0.25) is 5.91 Å². The smallest absolute Gasteiger partial charge is 0.369 e. The number of H-pyrrole nitrogens is 1. The van der Waals surface area contributed by atoms with Crippen LogP contribution in [0, 0.1) is 0 Å². The highest BCUT2D eigenvalue weighted by atomic mass is 19.4. The molecule has 1 saturated heterocycles. The molecule has 0 radical (unpaired) electrons. The van der Waals surface area contributed by atoms with Crippen molar-refractivity contribution in [3.05, 3.63) is 47.8 Å². The third-order valence-corrected chi connectivity index (χ3v) is 8.12. The van der Waals surface area contributed by atoms with Crippen LogP contribution in [0.3, 0.4) is 0 Å². The van der Waals surface area contributed by atoms with Crippen LogP contribution in [0.25, 0.3) is 22.2 Å². The van der Waals surface area contributed by atoms with E-state index in [0.717, 1.165) is 12.3 Å². The van der Waals surface area contributed by atoms with Gasteiger partial charge in [-0.15, -0.1) is 0 Å². The number of hydrogen-bond acceptors (Lipinski definition) is 5. The molecule has 5 rings (SSSR count). The van der Waals surface area contributed by atoms with Gasteiger partial charge in [-0.25, -0.2) is 13.2 Å². The van der Waals surface area contributed by atoms with Gasteiger partial charge in [-0.1, -0.05) is 6.07 Å². The quantitative estimate of drug-likeness (QED) is 0.342. The van der Waals surface area contributed by atoms with Crippen molar-refractivity contribution in [3.63, 3.8) is 0 Å². The summed E-state index contributed by atoms with van der Waals surface area (Å²) >= 11 is 0. The molecule has 1 saturated carbocycles. The summed E-state index contributed by atoms with van der Waals surface area (Å²) < 4.78 is 94.0. The highest BCUT2D eigenvalue weighted by Crippen LogP contribution is 2.40. The number of pyridine rings is 1. The summed E-state index contributed by atoms with van der Waals surface area (Å²) in [6.45, 7) is 4.53. The predicted octanol–water partition coefficient (Wildman–Crippen LogP) is 5.70. The van der Waals surface area contributed by atoms with E-state index in [1.54, 1.807) is 6.07 Å². The van der Waals surface area contributed by atoms with Crippen molar-refractivity contribution in [2.24, 2.45) is 0 Å². The molecule has 3 aromatic rings. The number of likely N-dealkylation sites (tertiary alicyclic amines) is 1. The number of halogens is 6. The standard InChI is InChI=1S/C29H33F6N5O2/c1-16(2)40-11-8-22(20(30)15-40)42-23-4-3-9-28(31,32)27(23)38-24(41)13-17-7-10-36-26(25(17)29(33,34)35)18-5-6-21-19(12-18)14-37-39-21/h5-7,10,12,14,16,20,22-23,27H,3-4,8-9,11,13,15H2,1-2H3,(H,37,39)(H,38,41)/t20-,22+,23+,27-/m1/s1. The van der Waals surface area contributed by atoms with E-state index in [0.29, 0.717) is 23.9 Å². The lowest BCUT2D eigenvalue weighted by Gasteiger charge is -2.42. The Morgan fingerprint density at radius 1 is 1.21 bits per heavy atom. The molecule has 2 N–H and O–H groups in total. The van der Waals surface area contributed by atoms with Gasteiger partial charge in [0.1, 0.15) is 12.2 Å². The van der Waals surface area contributed by atoms with Crippen molar-refractivity contribution in [2.45, 2.75) is 88.5 Å². The summed E-state index contributed by atoms with van der Waals surface area (Å²) in [6, 6.07) is 3.90. The van der Waals surface area contributed by atoms with E-state index in [1.165, 1.54) is 18.3 Å². The Hall–Kier alpha value is -3.19. The van der Waals surface area contributed by atoms with Crippen LogP contribution in [0.5, 0.6) is 0 Å². The summed E-state index contributed by atoms with van der Waals surface area (Å²) in [5.74, 6) is -4.39. The first kappa shape index (κ1) is 30.3. The largest absolute Gasteiger partial charge is 0.418 e. The molecule has 13 heteroatoms. The van der Waals surface area contributed by atoms with Crippen LogP contribution in [-0.4, -0.2) is 75.5 Å². The maximum atomic E-state index is 15.1. The van der Waals surface area contributed by atoms with Crippen molar-refractivity contribution in [1.29, 1.82) is 0 Å². The minimum atomic E-state index is -4.88. The Bertz CT molecular complexity index is 1410. The van der Waals surface area contributed by atoms with Gasteiger partial charge in [0, 0.05) is 42.7 Å². The number of aromatic amines is 1. The number of benzene rings is 1. The molecule has 3 heterocycles. The number of carbonyl (C=O) groups is 1. The van der Waals surface area contributed by atoms with Gasteiger partial charge in [0.25, 0.3) is 5.92 Å². The molecular formula is C29H33F6N5O2. The van der Waals surface area contributed by atoms with Crippen LogP contribution in [0.15, 0.2) is 36.7 Å². The molecule has 2 fully saturated rings. The lowest BCUT2D eigenvalue weighted by atomic mass is 9.88. The minimum absolute atomic E-state index is 0.110. The van der Waals surface area contributed by atoms with Gasteiger partial charge in [-0.3, -0.25) is 19.8 Å². The van der Waals surface area contributed by atoms with E-state index in [2.05, 4.69) is 20.5 Å². The van der Waals surface area contributed by atoms with Crippen molar-refractivity contribution in [2.75, 3.05) is 13.1 Å². The fraction of sp³-hybridized carbons (Fsp3) is 0.552. The monoisotopic (exact) mass is 597 g/mol. The Morgan fingerprint density at radius 2 is 2.00 bits per heavy atom. The number of amides is 1. The zero-order chi connectivity index (χ0) is 30.2. The van der Waals surface area contributed by atoms with Gasteiger partial charge in [-0.05, 0) is 56.9 Å². The number of alkyl halides is 6. The van der Waals surface area contributed by atoms with Crippen LogP contribution >= 0.6 is 0 Å². The summed E-state index contributed by atoms with van der Waals surface area (Å²) in [4.78, 5) is 19.0. The number of rotatable bonds is 7. The second kappa shape index (κ2) is 11.8. The van der Waals surface area contributed by atoms with Crippen LogP contribution < -0.4 is 5.32 Å². The molecule has 1 aliphatic heterocycles. The fourth-order valence-corrected chi connectivity index (χ4v) is 5.90. The number of ether oxygens (including phenoxy) is 1. The normalized spacial score (nSPS) is 25.2. The lowest BCUT2D eigenvalue weighted by molar-refractivity contribution is -0.167. The Kier molecular flexibility index (Phi) is 8.53. The van der Waals surface area contributed by atoms with Gasteiger partial charge in [0.05, 0.1) is 41.6 Å². The number of carbonyl (C=O) groups excluding carboxylic acids is 1. The molecule has 0 bridgehead atoms. The maximum Gasteiger partial charge on any atom is 0.418 e. The predicted molar refractivity (Wildman–Crippen MR) is 144 cm³/mol. The van der Waals surface area contributed by atoms with Crippen molar-refractivity contribution < 1.29 is 35.9 Å². The number of aromatic nitrogens is 3. The van der Waals surface area contributed by atoms with Crippen LogP contribution in [0.2, 0.25) is 0 Å². The molecule has 0 unspecified atom stereocenters. The Labute approximate surface area is 239 Å². The zero-order valence-corrected chi connectivity index (χ0v) is 23.2. The fourth-order valence-electron chi connectivity index (χ4n) is 5.90. The minimum Gasteiger partial charge on any atom is -0.369 e. The van der Waals surface area contributed by atoms with Crippen molar-refractivity contribution >= 4 is 16.8 Å². The first-order valence-electron chi connectivity index (χ1n) is 14.0. The van der Waals surface area contributed by atoms with E-state index >= 15 is 8.78 Å².